The first kappa shape index (κ1) is 13.8. The van der Waals surface area contributed by atoms with Gasteiger partial charge in [-0.1, -0.05) is 6.92 Å². The number of nitrogens with two attached hydrogens (primary N) is 1. The Morgan fingerprint density at radius 2 is 2.11 bits per heavy atom. The van der Waals surface area contributed by atoms with E-state index in [-0.39, 0.29) is 23.5 Å². The lowest BCUT2D eigenvalue weighted by atomic mass is 9.62. The molecule has 1 atom stereocenters. The van der Waals surface area contributed by atoms with Gasteiger partial charge >= 0.3 is 0 Å². The Morgan fingerprint density at radius 3 is 2.61 bits per heavy atom. The molecule has 0 aromatic rings. The zero-order chi connectivity index (χ0) is 13.4. The van der Waals surface area contributed by atoms with Crippen LogP contribution in [0.1, 0.15) is 32.6 Å². The van der Waals surface area contributed by atoms with Crippen molar-refractivity contribution < 1.29 is 13.2 Å². The molecule has 1 aliphatic carbocycles. The van der Waals surface area contributed by atoms with Crippen LogP contribution in [0.15, 0.2) is 0 Å². The van der Waals surface area contributed by atoms with E-state index >= 15 is 0 Å². The number of carbonyl (C=O) groups is 1. The van der Waals surface area contributed by atoms with Gasteiger partial charge < -0.3 is 11.1 Å². The Bertz CT molecular complexity index is 427. The van der Waals surface area contributed by atoms with Crippen molar-refractivity contribution in [2.75, 3.05) is 18.1 Å². The van der Waals surface area contributed by atoms with Crippen molar-refractivity contribution in [3.05, 3.63) is 0 Å². The lowest BCUT2D eigenvalue weighted by Crippen LogP contribution is -2.56. The summed E-state index contributed by atoms with van der Waals surface area (Å²) in [6.07, 6.45) is 3.02. The highest BCUT2D eigenvalue weighted by Gasteiger charge is 2.47. The molecule has 1 saturated heterocycles. The molecule has 104 valence electrons. The molecule has 6 heteroatoms. The largest absolute Gasteiger partial charge is 0.352 e. The number of nitrogens with one attached hydrogen (secondary N) is 1. The van der Waals surface area contributed by atoms with Crippen LogP contribution in [0.3, 0.4) is 0 Å². The Morgan fingerprint density at radius 1 is 1.44 bits per heavy atom. The summed E-state index contributed by atoms with van der Waals surface area (Å²) in [7, 11) is -2.98. The highest BCUT2D eigenvalue weighted by atomic mass is 32.2. The first-order chi connectivity index (χ1) is 8.37. The lowest BCUT2D eigenvalue weighted by Gasteiger charge is -2.45. The summed E-state index contributed by atoms with van der Waals surface area (Å²) in [5.74, 6) is 0.812. The number of sulfone groups is 1. The number of rotatable bonds is 3. The molecule has 0 aromatic carbocycles. The van der Waals surface area contributed by atoms with Crippen LogP contribution in [0.4, 0.5) is 0 Å². The summed E-state index contributed by atoms with van der Waals surface area (Å²) in [6.45, 7) is 2.45. The van der Waals surface area contributed by atoms with Crippen LogP contribution in [0.2, 0.25) is 0 Å². The quantitative estimate of drug-likeness (QED) is 0.761. The molecule has 2 rings (SSSR count). The smallest absolute Gasteiger partial charge is 0.227 e. The van der Waals surface area contributed by atoms with Crippen molar-refractivity contribution in [2.24, 2.45) is 17.1 Å². The van der Waals surface area contributed by atoms with E-state index in [2.05, 4.69) is 12.2 Å². The lowest BCUT2D eigenvalue weighted by molar-refractivity contribution is -0.138. The van der Waals surface area contributed by atoms with Crippen molar-refractivity contribution in [1.29, 1.82) is 0 Å². The Hall–Kier alpha value is -0.620. The monoisotopic (exact) mass is 274 g/mol. The number of hydrogen-bond acceptors (Lipinski definition) is 4. The van der Waals surface area contributed by atoms with Crippen molar-refractivity contribution in [1.82, 2.24) is 5.32 Å². The Balaban J connectivity index is 1.95. The molecule has 1 aliphatic heterocycles. The van der Waals surface area contributed by atoms with Crippen LogP contribution < -0.4 is 11.1 Å². The van der Waals surface area contributed by atoms with Gasteiger partial charge in [0.25, 0.3) is 0 Å². The zero-order valence-corrected chi connectivity index (χ0v) is 11.6. The van der Waals surface area contributed by atoms with Crippen molar-refractivity contribution >= 4 is 15.7 Å². The van der Waals surface area contributed by atoms with Crippen LogP contribution in [0.5, 0.6) is 0 Å². The van der Waals surface area contributed by atoms with Crippen LogP contribution in [0, 0.1) is 11.3 Å². The third-order valence-corrected chi connectivity index (χ3v) is 5.97. The zero-order valence-electron chi connectivity index (χ0n) is 10.8. The standard InChI is InChI=1S/C12H22N2O3S/c1-9-5-12(6-9,8-13)11(15)14-10-3-2-4-18(16,17)7-10/h9-10H,2-8,13H2,1H3,(H,14,15). The van der Waals surface area contributed by atoms with E-state index in [1.807, 2.05) is 0 Å². The van der Waals surface area contributed by atoms with Gasteiger partial charge in [0.15, 0.2) is 9.84 Å². The molecule has 0 bridgehead atoms. The molecular weight excluding hydrogens is 252 g/mol. The summed E-state index contributed by atoms with van der Waals surface area (Å²) in [6, 6.07) is -0.226. The van der Waals surface area contributed by atoms with E-state index in [1.54, 1.807) is 0 Å². The third-order valence-electron chi connectivity index (χ3n) is 4.15. The van der Waals surface area contributed by atoms with Crippen LogP contribution >= 0.6 is 0 Å². The molecule has 1 unspecified atom stereocenters. The molecule has 0 aromatic heterocycles. The Labute approximate surface area is 108 Å². The van der Waals surface area contributed by atoms with Crippen LogP contribution in [0.25, 0.3) is 0 Å². The summed E-state index contributed by atoms with van der Waals surface area (Å²) < 4.78 is 23.0. The molecule has 5 nitrogen and oxygen atoms in total. The van der Waals surface area contributed by atoms with E-state index in [0.717, 1.165) is 19.3 Å². The van der Waals surface area contributed by atoms with Crippen LogP contribution in [-0.2, 0) is 14.6 Å². The highest BCUT2D eigenvalue weighted by molar-refractivity contribution is 7.91. The second-order valence-electron chi connectivity index (χ2n) is 5.92. The minimum absolute atomic E-state index is 0.0507. The van der Waals surface area contributed by atoms with Crippen molar-refractivity contribution in [3.8, 4) is 0 Å². The van der Waals surface area contributed by atoms with E-state index in [4.69, 9.17) is 5.73 Å². The van der Waals surface area contributed by atoms with Gasteiger partial charge in [0.1, 0.15) is 0 Å². The molecule has 2 aliphatic rings. The highest BCUT2D eigenvalue weighted by Crippen LogP contribution is 2.44. The average molecular weight is 274 g/mol. The molecule has 2 fully saturated rings. The van der Waals surface area contributed by atoms with Gasteiger partial charge in [-0.3, -0.25) is 4.79 Å². The predicted molar refractivity (Wildman–Crippen MR) is 69.7 cm³/mol. The molecule has 0 radical (unpaired) electrons. The molecule has 1 heterocycles. The summed E-state index contributed by atoms with van der Waals surface area (Å²) in [4.78, 5) is 12.2. The SMILES string of the molecule is CC1CC(CN)(C(=O)NC2CCCS(=O)(=O)C2)C1. The minimum Gasteiger partial charge on any atom is -0.352 e. The predicted octanol–water partition coefficient (Wildman–Crippen LogP) is 0.0548. The van der Waals surface area contributed by atoms with Gasteiger partial charge in [-0.2, -0.15) is 0 Å². The molecule has 3 N–H and O–H groups in total. The summed E-state index contributed by atoms with van der Waals surface area (Å²) >= 11 is 0. The molecule has 1 saturated carbocycles. The average Bonchev–Trinajstić information content (AvgIpc) is 2.22. The molecule has 18 heavy (non-hydrogen) atoms. The van der Waals surface area contributed by atoms with E-state index in [9.17, 15) is 13.2 Å². The van der Waals surface area contributed by atoms with Gasteiger partial charge in [-0.25, -0.2) is 8.42 Å². The van der Waals surface area contributed by atoms with Gasteiger partial charge in [0.05, 0.1) is 16.9 Å². The van der Waals surface area contributed by atoms with Gasteiger partial charge in [-0.05, 0) is 31.6 Å². The molecular formula is C12H22N2O3S. The topological polar surface area (TPSA) is 89.3 Å². The third kappa shape index (κ3) is 2.69. The maximum atomic E-state index is 12.2. The fraction of sp³-hybridized carbons (Fsp3) is 0.917. The summed E-state index contributed by atoms with van der Waals surface area (Å²) in [5.41, 5.74) is 5.27. The fourth-order valence-corrected chi connectivity index (χ4v) is 4.83. The first-order valence-electron chi connectivity index (χ1n) is 6.58. The molecule has 1 amide bonds. The van der Waals surface area contributed by atoms with Crippen LogP contribution in [-0.4, -0.2) is 38.4 Å². The number of carbonyl (C=O) groups excluding carboxylic acids is 1. The van der Waals surface area contributed by atoms with Gasteiger partial charge in [0, 0.05) is 12.6 Å². The van der Waals surface area contributed by atoms with E-state index in [0.29, 0.717) is 18.9 Å². The second kappa shape index (κ2) is 4.81. The fourth-order valence-electron chi connectivity index (χ4n) is 3.19. The van der Waals surface area contributed by atoms with Gasteiger partial charge in [0.2, 0.25) is 5.91 Å². The molecule has 0 spiro atoms. The second-order valence-corrected chi connectivity index (χ2v) is 8.15. The van der Waals surface area contributed by atoms with E-state index in [1.165, 1.54) is 0 Å². The van der Waals surface area contributed by atoms with Crippen molar-refractivity contribution in [2.45, 2.75) is 38.6 Å². The summed E-state index contributed by atoms with van der Waals surface area (Å²) in [5, 5.41) is 2.89. The minimum atomic E-state index is -2.98. The maximum Gasteiger partial charge on any atom is 0.227 e. The first-order valence-corrected chi connectivity index (χ1v) is 8.40. The Kier molecular flexibility index (Phi) is 3.69. The van der Waals surface area contributed by atoms with Crippen molar-refractivity contribution in [3.63, 3.8) is 0 Å². The van der Waals surface area contributed by atoms with Gasteiger partial charge in [-0.15, -0.1) is 0 Å². The number of hydrogen-bond donors (Lipinski definition) is 2. The normalized spacial score (nSPS) is 38.8. The van der Waals surface area contributed by atoms with E-state index < -0.39 is 15.3 Å². The maximum absolute atomic E-state index is 12.2. The number of amides is 1.